The van der Waals surface area contributed by atoms with Gasteiger partial charge in [-0.15, -0.1) is 0 Å². The first kappa shape index (κ1) is 21.5. The minimum atomic E-state index is -0.579. The summed E-state index contributed by atoms with van der Waals surface area (Å²) < 4.78 is 15.9. The maximum absolute atomic E-state index is 12.4. The molecule has 0 aromatic heterocycles. The third-order valence-electron chi connectivity index (χ3n) is 4.56. The van der Waals surface area contributed by atoms with Gasteiger partial charge in [0.25, 0.3) is 0 Å². The maximum Gasteiger partial charge on any atom is 0.343 e. The number of esters is 3. The Labute approximate surface area is 190 Å². The minimum Gasteiger partial charge on any atom is -0.423 e. The van der Waals surface area contributed by atoms with Crippen LogP contribution in [-0.2, 0) is 0 Å². The Morgan fingerprint density at radius 1 is 0.364 bits per heavy atom. The maximum atomic E-state index is 12.4. The molecular formula is C27H18O6. The second kappa shape index (κ2) is 10.1. The summed E-state index contributed by atoms with van der Waals surface area (Å²) in [4.78, 5) is 36.6. The highest BCUT2D eigenvalue weighted by Gasteiger charge is 2.12. The number of benzene rings is 4. The molecule has 33 heavy (non-hydrogen) atoms. The SMILES string of the molecule is O=C(Oc1ccc(OC(=O)c2ccc(OC(=O)c3ccccc3)cc2)cc1)c1ccccc1. The molecule has 4 rings (SSSR count). The van der Waals surface area contributed by atoms with E-state index in [9.17, 15) is 14.4 Å². The number of hydrogen-bond donors (Lipinski definition) is 0. The summed E-state index contributed by atoms with van der Waals surface area (Å²) in [6.07, 6.45) is 0. The highest BCUT2D eigenvalue weighted by Crippen LogP contribution is 2.21. The van der Waals surface area contributed by atoms with Crippen molar-refractivity contribution in [3.05, 3.63) is 126 Å². The van der Waals surface area contributed by atoms with Crippen LogP contribution in [0, 0.1) is 0 Å². The Morgan fingerprint density at radius 3 is 0.970 bits per heavy atom. The highest BCUT2D eigenvalue weighted by molar-refractivity contribution is 5.93. The zero-order valence-electron chi connectivity index (χ0n) is 17.3. The summed E-state index contributed by atoms with van der Waals surface area (Å²) in [5.74, 6) is -0.616. The van der Waals surface area contributed by atoms with Crippen LogP contribution in [0.4, 0.5) is 0 Å². The van der Waals surface area contributed by atoms with Crippen LogP contribution in [0.2, 0.25) is 0 Å². The average Bonchev–Trinajstić information content (AvgIpc) is 2.86. The molecule has 0 fully saturated rings. The third-order valence-corrected chi connectivity index (χ3v) is 4.56. The number of ether oxygens (including phenoxy) is 3. The molecule has 162 valence electrons. The van der Waals surface area contributed by atoms with Crippen LogP contribution in [0.1, 0.15) is 31.1 Å². The molecule has 0 unspecified atom stereocenters. The van der Waals surface area contributed by atoms with Crippen molar-refractivity contribution in [2.75, 3.05) is 0 Å². The van der Waals surface area contributed by atoms with Crippen molar-refractivity contribution in [1.29, 1.82) is 0 Å². The second-order valence-corrected chi connectivity index (χ2v) is 6.90. The predicted octanol–water partition coefficient (Wildman–Crippen LogP) is 5.34. The summed E-state index contributed by atoms with van der Waals surface area (Å²) in [5.41, 5.74) is 1.15. The summed E-state index contributed by atoms with van der Waals surface area (Å²) >= 11 is 0. The highest BCUT2D eigenvalue weighted by atomic mass is 16.5. The molecule has 0 N–H and O–H groups in total. The van der Waals surface area contributed by atoms with Crippen molar-refractivity contribution in [1.82, 2.24) is 0 Å². The smallest absolute Gasteiger partial charge is 0.343 e. The molecule has 4 aromatic rings. The molecule has 0 atom stereocenters. The zero-order valence-corrected chi connectivity index (χ0v) is 17.3. The second-order valence-electron chi connectivity index (χ2n) is 6.90. The lowest BCUT2D eigenvalue weighted by molar-refractivity contribution is 0.0718. The fraction of sp³-hybridized carbons (Fsp3) is 0. The first-order chi connectivity index (χ1) is 16.1. The molecule has 6 heteroatoms. The predicted molar refractivity (Wildman–Crippen MR) is 121 cm³/mol. The van der Waals surface area contributed by atoms with E-state index in [-0.39, 0.29) is 5.56 Å². The molecule has 0 bridgehead atoms. The summed E-state index contributed by atoms with van der Waals surface area (Å²) in [7, 11) is 0. The molecule has 4 aromatic carbocycles. The molecule has 0 aliphatic heterocycles. The van der Waals surface area contributed by atoms with Gasteiger partial charge in [0.2, 0.25) is 0 Å². The molecule has 0 aliphatic carbocycles. The van der Waals surface area contributed by atoms with Gasteiger partial charge < -0.3 is 14.2 Å². The fourth-order valence-corrected chi connectivity index (χ4v) is 2.88. The summed E-state index contributed by atoms with van der Waals surface area (Å²) in [6, 6.07) is 29.4. The first-order valence-electron chi connectivity index (χ1n) is 10.1. The Morgan fingerprint density at radius 2 is 0.636 bits per heavy atom. The van der Waals surface area contributed by atoms with Gasteiger partial charge >= 0.3 is 17.9 Å². The van der Waals surface area contributed by atoms with E-state index in [2.05, 4.69) is 0 Å². The molecule has 0 saturated heterocycles. The third kappa shape index (κ3) is 5.71. The van der Waals surface area contributed by atoms with Gasteiger partial charge in [-0.3, -0.25) is 0 Å². The van der Waals surface area contributed by atoms with Gasteiger partial charge in [-0.05, 0) is 72.8 Å². The molecular weight excluding hydrogens is 420 g/mol. The monoisotopic (exact) mass is 438 g/mol. The lowest BCUT2D eigenvalue weighted by Crippen LogP contribution is -2.10. The van der Waals surface area contributed by atoms with Crippen molar-refractivity contribution < 1.29 is 28.6 Å². The summed E-state index contributed by atoms with van der Waals surface area (Å²) in [5, 5.41) is 0. The van der Waals surface area contributed by atoms with Crippen molar-refractivity contribution >= 4 is 17.9 Å². The quantitative estimate of drug-likeness (QED) is 0.299. The van der Waals surface area contributed by atoms with E-state index in [0.29, 0.717) is 28.4 Å². The normalized spacial score (nSPS) is 10.2. The van der Waals surface area contributed by atoms with Crippen LogP contribution >= 0.6 is 0 Å². The van der Waals surface area contributed by atoms with Gasteiger partial charge in [-0.1, -0.05) is 36.4 Å². The Hall–Kier alpha value is -4.71. The topological polar surface area (TPSA) is 78.9 Å². The van der Waals surface area contributed by atoms with Crippen LogP contribution in [0.25, 0.3) is 0 Å². The van der Waals surface area contributed by atoms with E-state index in [1.165, 1.54) is 48.5 Å². The van der Waals surface area contributed by atoms with E-state index in [1.54, 1.807) is 48.5 Å². The Kier molecular flexibility index (Phi) is 6.56. The van der Waals surface area contributed by atoms with Gasteiger partial charge in [0, 0.05) is 0 Å². The number of hydrogen-bond acceptors (Lipinski definition) is 6. The minimum absolute atomic E-state index is 0.286. The molecule has 0 amide bonds. The number of rotatable bonds is 6. The van der Waals surface area contributed by atoms with Crippen molar-refractivity contribution in [2.45, 2.75) is 0 Å². The lowest BCUT2D eigenvalue weighted by atomic mass is 10.2. The van der Waals surface area contributed by atoms with Gasteiger partial charge in [0.15, 0.2) is 0 Å². The lowest BCUT2D eigenvalue weighted by Gasteiger charge is -2.08. The fourth-order valence-electron chi connectivity index (χ4n) is 2.88. The van der Waals surface area contributed by atoms with Gasteiger partial charge in [0.05, 0.1) is 16.7 Å². The molecule has 0 saturated carbocycles. The largest absolute Gasteiger partial charge is 0.423 e. The van der Waals surface area contributed by atoms with E-state index in [1.807, 2.05) is 12.1 Å². The Bertz CT molecular complexity index is 1250. The average molecular weight is 438 g/mol. The summed E-state index contributed by atoms with van der Waals surface area (Å²) in [6.45, 7) is 0. The zero-order chi connectivity index (χ0) is 23.0. The van der Waals surface area contributed by atoms with E-state index < -0.39 is 17.9 Å². The number of carbonyl (C=O) groups excluding carboxylic acids is 3. The standard InChI is InChI=1S/C27H18O6/c28-25(19-7-3-1-4-8-19)31-22-13-11-21(12-14-22)27(30)33-24-17-15-23(16-18-24)32-26(29)20-9-5-2-6-10-20/h1-18H. The van der Waals surface area contributed by atoms with Gasteiger partial charge in [-0.25, -0.2) is 14.4 Å². The van der Waals surface area contributed by atoms with Gasteiger partial charge in [0.1, 0.15) is 17.2 Å². The van der Waals surface area contributed by atoms with E-state index >= 15 is 0 Å². The molecule has 0 heterocycles. The van der Waals surface area contributed by atoms with Crippen molar-refractivity contribution in [3.8, 4) is 17.2 Å². The molecule has 0 spiro atoms. The molecule has 0 radical (unpaired) electrons. The van der Waals surface area contributed by atoms with Crippen LogP contribution < -0.4 is 14.2 Å². The van der Waals surface area contributed by atoms with Crippen LogP contribution in [0.5, 0.6) is 17.2 Å². The first-order valence-corrected chi connectivity index (χ1v) is 10.1. The van der Waals surface area contributed by atoms with Crippen LogP contribution in [-0.4, -0.2) is 17.9 Å². The van der Waals surface area contributed by atoms with Crippen LogP contribution in [0.3, 0.4) is 0 Å². The van der Waals surface area contributed by atoms with Crippen molar-refractivity contribution in [3.63, 3.8) is 0 Å². The number of carbonyl (C=O) groups is 3. The molecule has 6 nitrogen and oxygen atoms in total. The molecule has 0 aliphatic rings. The van der Waals surface area contributed by atoms with E-state index in [4.69, 9.17) is 14.2 Å². The van der Waals surface area contributed by atoms with Crippen molar-refractivity contribution in [2.24, 2.45) is 0 Å². The Balaban J connectivity index is 1.33. The van der Waals surface area contributed by atoms with E-state index in [0.717, 1.165) is 0 Å². The van der Waals surface area contributed by atoms with Crippen LogP contribution in [0.15, 0.2) is 109 Å². The van der Waals surface area contributed by atoms with Gasteiger partial charge in [-0.2, -0.15) is 0 Å².